The Labute approximate surface area is 107 Å². The Bertz CT molecular complexity index is 454. The zero-order valence-corrected chi connectivity index (χ0v) is 11.1. The third-order valence-corrected chi connectivity index (χ3v) is 3.50. The fourth-order valence-electron chi connectivity index (χ4n) is 1.73. The Morgan fingerprint density at radius 1 is 1.39 bits per heavy atom. The molecule has 1 saturated heterocycles. The van der Waals surface area contributed by atoms with Crippen LogP contribution in [0.4, 0.5) is 0 Å². The predicted molar refractivity (Wildman–Crippen MR) is 67.1 cm³/mol. The highest BCUT2D eigenvalue weighted by Gasteiger charge is 2.52. The van der Waals surface area contributed by atoms with Crippen molar-refractivity contribution < 1.29 is 14.1 Å². The highest BCUT2D eigenvalue weighted by atomic mass is 16.7. The standard InChI is InChI=1S/C11H18BN3O3/c1-10(2)11(3,4)18-12(17-10)8-5-14-15(6-8)7-9(13)16/h5-6H,7H2,1-4H3,(H2,13,16). The maximum absolute atomic E-state index is 10.8. The Balaban J connectivity index is 2.15. The Kier molecular flexibility index (Phi) is 2.99. The molecule has 0 saturated carbocycles. The molecule has 98 valence electrons. The van der Waals surface area contributed by atoms with Crippen LogP contribution < -0.4 is 11.2 Å². The highest BCUT2D eigenvalue weighted by Crippen LogP contribution is 2.36. The Hall–Kier alpha value is -1.34. The average molecular weight is 251 g/mol. The first-order chi connectivity index (χ1) is 8.21. The summed E-state index contributed by atoms with van der Waals surface area (Å²) in [6, 6.07) is 0. The molecule has 1 aliphatic rings. The lowest BCUT2D eigenvalue weighted by Gasteiger charge is -2.32. The van der Waals surface area contributed by atoms with E-state index in [0.717, 1.165) is 5.46 Å². The lowest BCUT2D eigenvalue weighted by Crippen LogP contribution is -2.41. The average Bonchev–Trinajstić information content (AvgIpc) is 2.70. The second-order valence-corrected chi connectivity index (χ2v) is 5.53. The minimum atomic E-state index is -0.461. The summed E-state index contributed by atoms with van der Waals surface area (Å²) in [4.78, 5) is 10.8. The molecule has 1 aliphatic heterocycles. The lowest BCUT2D eigenvalue weighted by atomic mass is 9.82. The molecule has 0 bridgehead atoms. The molecule has 6 nitrogen and oxygen atoms in total. The van der Waals surface area contributed by atoms with Crippen LogP contribution >= 0.6 is 0 Å². The van der Waals surface area contributed by atoms with Gasteiger partial charge in [-0.15, -0.1) is 0 Å². The van der Waals surface area contributed by atoms with Crippen LogP contribution in [0.25, 0.3) is 0 Å². The minimum absolute atomic E-state index is 0.0551. The van der Waals surface area contributed by atoms with Crippen molar-refractivity contribution in [2.75, 3.05) is 0 Å². The van der Waals surface area contributed by atoms with Crippen molar-refractivity contribution in [2.45, 2.75) is 45.4 Å². The zero-order valence-electron chi connectivity index (χ0n) is 11.1. The molecule has 1 amide bonds. The summed E-state index contributed by atoms with van der Waals surface area (Å²) in [7, 11) is -0.461. The SMILES string of the molecule is CC1(C)OB(c2cnn(CC(N)=O)c2)OC1(C)C. The largest absolute Gasteiger partial charge is 0.498 e. The summed E-state index contributed by atoms with van der Waals surface area (Å²) in [6.07, 6.45) is 3.35. The number of nitrogens with zero attached hydrogens (tertiary/aromatic N) is 2. The molecule has 0 atom stereocenters. The summed E-state index contributed by atoms with van der Waals surface area (Å²) in [6.45, 7) is 8.00. The number of nitrogens with two attached hydrogens (primary N) is 1. The van der Waals surface area contributed by atoms with Crippen molar-refractivity contribution in [3.8, 4) is 0 Å². The van der Waals surface area contributed by atoms with Gasteiger partial charge in [0.15, 0.2) is 0 Å². The van der Waals surface area contributed by atoms with E-state index in [4.69, 9.17) is 15.0 Å². The van der Waals surface area contributed by atoms with Gasteiger partial charge in [-0.3, -0.25) is 9.48 Å². The van der Waals surface area contributed by atoms with Crippen LogP contribution in [0.3, 0.4) is 0 Å². The number of carbonyl (C=O) groups excluding carboxylic acids is 1. The monoisotopic (exact) mass is 251 g/mol. The molecule has 1 aromatic heterocycles. The number of aromatic nitrogens is 2. The molecule has 0 aliphatic carbocycles. The normalized spacial score (nSPS) is 21.2. The first-order valence-corrected chi connectivity index (χ1v) is 5.87. The molecule has 0 spiro atoms. The summed E-state index contributed by atoms with van der Waals surface area (Å²) >= 11 is 0. The second kappa shape index (κ2) is 4.10. The molecule has 0 aromatic carbocycles. The van der Waals surface area contributed by atoms with E-state index in [-0.39, 0.29) is 17.7 Å². The van der Waals surface area contributed by atoms with E-state index in [1.54, 1.807) is 12.4 Å². The van der Waals surface area contributed by atoms with Gasteiger partial charge in [-0.1, -0.05) is 0 Å². The van der Waals surface area contributed by atoms with Gasteiger partial charge in [-0.2, -0.15) is 5.10 Å². The Morgan fingerprint density at radius 2 is 1.94 bits per heavy atom. The predicted octanol–water partition coefficient (Wildman–Crippen LogP) is -0.332. The fraction of sp³-hybridized carbons (Fsp3) is 0.636. The van der Waals surface area contributed by atoms with Gasteiger partial charge in [0.2, 0.25) is 5.91 Å². The number of rotatable bonds is 3. The smallest absolute Gasteiger partial charge is 0.399 e. The molecule has 0 radical (unpaired) electrons. The maximum atomic E-state index is 10.8. The van der Waals surface area contributed by atoms with Crippen LogP contribution in [0.15, 0.2) is 12.4 Å². The van der Waals surface area contributed by atoms with E-state index in [1.807, 2.05) is 27.7 Å². The van der Waals surface area contributed by atoms with Crippen molar-refractivity contribution >= 4 is 18.5 Å². The number of carbonyl (C=O) groups is 1. The molecule has 1 fully saturated rings. The van der Waals surface area contributed by atoms with E-state index in [9.17, 15) is 4.79 Å². The molecule has 2 heterocycles. The van der Waals surface area contributed by atoms with Crippen LogP contribution in [0.2, 0.25) is 0 Å². The molecule has 0 unspecified atom stereocenters. The van der Waals surface area contributed by atoms with Gasteiger partial charge in [0.05, 0.1) is 11.2 Å². The van der Waals surface area contributed by atoms with Crippen molar-refractivity contribution in [3.05, 3.63) is 12.4 Å². The van der Waals surface area contributed by atoms with E-state index in [0.29, 0.717) is 0 Å². The lowest BCUT2D eigenvalue weighted by molar-refractivity contribution is -0.118. The minimum Gasteiger partial charge on any atom is -0.399 e. The van der Waals surface area contributed by atoms with Gasteiger partial charge in [0, 0.05) is 17.9 Å². The summed E-state index contributed by atoms with van der Waals surface area (Å²) in [5.74, 6) is -0.432. The van der Waals surface area contributed by atoms with Gasteiger partial charge >= 0.3 is 7.12 Å². The van der Waals surface area contributed by atoms with E-state index in [2.05, 4.69) is 5.10 Å². The fourth-order valence-corrected chi connectivity index (χ4v) is 1.73. The maximum Gasteiger partial charge on any atom is 0.498 e. The highest BCUT2D eigenvalue weighted by molar-refractivity contribution is 6.62. The van der Waals surface area contributed by atoms with Gasteiger partial charge < -0.3 is 15.0 Å². The number of primary amides is 1. The molecule has 7 heteroatoms. The summed E-state index contributed by atoms with van der Waals surface area (Å²) in [5, 5.41) is 4.05. The quantitative estimate of drug-likeness (QED) is 0.746. The van der Waals surface area contributed by atoms with Crippen molar-refractivity contribution in [2.24, 2.45) is 5.73 Å². The third-order valence-electron chi connectivity index (χ3n) is 3.50. The van der Waals surface area contributed by atoms with Crippen molar-refractivity contribution in [1.82, 2.24) is 9.78 Å². The molecule has 2 N–H and O–H groups in total. The van der Waals surface area contributed by atoms with Gasteiger partial charge in [0.25, 0.3) is 0 Å². The number of hydrogen-bond acceptors (Lipinski definition) is 4. The van der Waals surface area contributed by atoms with Crippen molar-refractivity contribution in [3.63, 3.8) is 0 Å². The van der Waals surface area contributed by atoms with Crippen LogP contribution in [-0.4, -0.2) is 34.0 Å². The van der Waals surface area contributed by atoms with E-state index >= 15 is 0 Å². The summed E-state index contributed by atoms with van der Waals surface area (Å²) < 4.78 is 13.2. The molecular formula is C11H18BN3O3. The van der Waals surface area contributed by atoms with Gasteiger partial charge in [0.1, 0.15) is 6.54 Å². The molecule has 2 rings (SSSR count). The van der Waals surface area contributed by atoms with E-state index < -0.39 is 13.0 Å². The van der Waals surface area contributed by atoms with E-state index in [1.165, 1.54) is 4.68 Å². The Morgan fingerprint density at radius 3 is 2.44 bits per heavy atom. The first-order valence-electron chi connectivity index (χ1n) is 5.87. The van der Waals surface area contributed by atoms with Gasteiger partial charge in [-0.05, 0) is 27.7 Å². The first kappa shape index (κ1) is 13.1. The van der Waals surface area contributed by atoms with Crippen LogP contribution in [0.1, 0.15) is 27.7 Å². The topological polar surface area (TPSA) is 79.4 Å². The summed E-state index contributed by atoms with van der Waals surface area (Å²) in [5.41, 5.74) is 5.13. The van der Waals surface area contributed by atoms with Crippen molar-refractivity contribution in [1.29, 1.82) is 0 Å². The van der Waals surface area contributed by atoms with Gasteiger partial charge in [-0.25, -0.2) is 0 Å². The number of hydrogen-bond donors (Lipinski definition) is 1. The third kappa shape index (κ3) is 2.28. The van der Waals surface area contributed by atoms with Crippen LogP contribution in [0.5, 0.6) is 0 Å². The van der Waals surface area contributed by atoms with Crippen LogP contribution in [-0.2, 0) is 20.6 Å². The number of amides is 1. The second-order valence-electron chi connectivity index (χ2n) is 5.53. The molecule has 18 heavy (non-hydrogen) atoms. The molecule has 1 aromatic rings. The molecular weight excluding hydrogens is 233 g/mol. The zero-order chi connectivity index (χ0) is 13.6. The van der Waals surface area contributed by atoms with Crippen LogP contribution in [0, 0.1) is 0 Å².